The fourth-order valence-corrected chi connectivity index (χ4v) is 6.72. The molecule has 2 atom stereocenters. The first-order chi connectivity index (χ1) is 15.4. The van der Waals surface area contributed by atoms with Gasteiger partial charge in [0, 0.05) is 32.2 Å². The number of benzene rings is 1. The lowest BCUT2D eigenvalue weighted by Gasteiger charge is -2.41. The topological polar surface area (TPSA) is 71.1 Å². The number of rotatable bonds is 10. The Morgan fingerprint density at radius 1 is 1.16 bits per heavy atom. The van der Waals surface area contributed by atoms with Gasteiger partial charge in [-0.1, -0.05) is 24.1 Å². The predicted molar refractivity (Wildman–Crippen MR) is 125 cm³/mol. The normalized spacial score (nSPS) is 25.4. The van der Waals surface area contributed by atoms with Gasteiger partial charge in [-0.2, -0.15) is 4.31 Å². The second-order valence-electron chi connectivity index (χ2n) is 9.25. The molecule has 178 valence electrons. The van der Waals surface area contributed by atoms with E-state index in [4.69, 9.17) is 9.47 Å². The number of ether oxygens (including phenoxy) is 2. The van der Waals surface area contributed by atoms with Crippen LogP contribution in [0.4, 0.5) is 0 Å². The van der Waals surface area contributed by atoms with Crippen molar-refractivity contribution in [3.63, 3.8) is 0 Å². The van der Waals surface area contributed by atoms with Gasteiger partial charge in [-0.3, -0.25) is 4.90 Å². The molecule has 7 nitrogen and oxygen atoms in total. The first kappa shape index (κ1) is 23.5. The van der Waals surface area contributed by atoms with Crippen molar-refractivity contribution >= 4 is 10.0 Å². The Balaban J connectivity index is 1.37. The van der Waals surface area contributed by atoms with Crippen LogP contribution in [0.3, 0.4) is 0 Å². The summed E-state index contributed by atoms with van der Waals surface area (Å²) >= 11 is 0. The molecule has 0 radical (unpaired) electrons. The highest BCUT2D eigenvalue weighted by atomic mass is 32.2. The van der Waals surface area contributed by atoms with Crippen LogP contribution in [0, 0.1) is 12.8 Å². The van der Waals surface area contributed by atoms with Gasteiger partial charge in [-0.15, -0.1) is 0 Å². The molecule has 3 fully saturated rings. The van der Waals surface area contributed by atoms with E-state index in [1.165, 1.54) is 0 Å². The summed E-state index contributed by atoms with van der Waals surface area (Å²) in [5, 5.41) is 3.24. The van der Waals surface area contributed by atoms with Crippen molar-refractivity contribution in [3.8, 4) is 0 Å². The summed E-state index contributed by atoms with van der Waals surface area (Å²) in [5.41, 5.74) is 1.06. The molecule has 1 saturated carbocycles. The number of aryl methyl sites for hydroxylation is 1. The SMILES string of the molecule is C=C(NCCN1CCOCC1)OCC1CCCC(C2CC2)N1S(=O)(=O)c1ccc(C)cc1. The molecule has 1 aromatic rings. The monoisotopic (exact) mass is 463 g/mol. The van der Waals surface area contributed by atoms with Crippen LogP contribution in [-0.2, 0) is 19.5 Å². The van der Waals surface area contributed by atoms with Gasteiger partial charge < -0.3 is 14.8 Å². The Morgan fingerprint density at radius 2 is 1.88 bits per heavy atom. The highest BCUT2D eigenvalue weighted by Crippen LogP contribution is 2.43. The minimum atomic E-state index is -3.58. The number of sulfonamides is 1. The van der Waals surface area contributed by atoms with Crippen molar-refractivity contribution in [2.75, 3.05) is 46.0 Å². The lowest BCUT2D eigenvalue weighted by molar-refractivity contribution is 0.0373. The van der Waals surface area contributed by atoms with Crippen molar-refractivity contribution in [1.29, 1.82) is 0 Å². The standard InChI is InChI=1S/C24H37N3O4S/c1-19-6-10-23(11-7-19)32(28,29)27-22(4-3-5-24(27)21-8-9-21)18-31-20(2)25-12-13-26-14-16-30-17-15-26/h6-7,10-11,21-22,24-25H,2-5,8-9,12-18H2,1H3. The van der Waals surface area contributed by atoms with Crippen molar-refractivity contribution in [3.05, 3.63) is 42.3 Å². The van der Waals surface area contributed by atoms with E-state index in [1.54, 1.807) is 16.4 Å². The zero-order valence-electron chi connectivity index (χ0n) is 19.2. The average Bonchev–Trinajstić information content (AvgIpc) is 3.64. The van der Waals surface area contributed by atoms with Crippen molar-refractivity contribution < 1.29 is 17.9 Å². The molecule has 0 aromatic heterocycles. The van der Waals surface area contributed by atoms with Crippen LogP contribution in [0.25, 0.3) is 0 Å². The Morgan fingerprint density at radius 3 is 2.56 bits per heavy atom. The third kappa shape index (κ3) is 5.84. The molecule has 2 saturated heterocycles. The van der Waals surface area contributed by atoms with Crippen LogP contribution in [0.15, 0.2) is 41.6 Å². The molecule has 2 aliphatic heterocycles. The minimum Gasteiger partial charge on any atom is -0.478 e. The summed E-state index contributed by atoms with van der Waals surface area (Å²) in [6.45, 7) is 11.4. The third-order valence-electron chi connectivity index (χ3n) is 6.79. The van der Waals surface area contributed by atoms with Crippen molar-refractivity contribution in [1.82, 2.24) is 14.5 Å². The Labute approximate surface area is 192 Å². The van der Waals surface area contributed by atoms with Crippen LogP contribution in [0.1, 0.15) is 37.7 Å². The van der Waals surface area contributed by atoms with E-state index in [9.17, 15) is 8.42 Å². The molecule has 2 unspecified atom stereocenters. The molecule has 1 aliphatic carbocycles. The Bertz CT molecular complexity index is 864. The fourth-order valence-electron chi connectivity index (χ4n) is 4.80. The molecule has 4 rings (SSSR count). The average molecular weight is 464 g/mol. The van der Waals surface area contributed by atoms with Crippen LogP contribution in [0.2, 0.25) is 0 Å². The molecule has 3 aliphatic rings. The smallest absolute Gasteiger partial charge is 0.243 e. The number of piperidine rings is 1. The maximum atomic E-state index is 13.7. The predicted octanol–water partition coefficient (Wildman–Crippen LogP) is 2.73. The molecule has 0 amide bonds. The number of hydrogen-bond acceptors (Lipinski definition) is 6. The van der Waals surface area contributed by atoms with E-state index >= 15 is 0 Å². The van der Waals surface area contributed by atoms with Crippen LogP contribution >= 0.6 is 0 Å². The zero-order valence-corrected chi connectivity index (χ0v) is 20.0. The Kier molecular flexibility index (Phi) is 7.76. The van der Waals surface area contributed by atoms with Crippen LogP contribution < -0.4 is 5.32 Å². The second kappa shape index (κ2) is 10.5. The van der Waals surface area contributed by atoms with E-state index in [1.807, 2.05) is 19.1 Å². The zero-order chi connectivity index (χ0) is 22.6. The molecular weight excluding hydrogens is 426 g/mol. The summed E-state index contributed by atoms with van der Waals surface area (Å²) in [6.07, 6.45) is 5.02. The summed E-state index contributed by atoms with van der Waals surface area (Å²) < 4.78 is 40.4. The lowest BCUT2D eigenvalue weighted by atomic mass is 9.96. The van der Waals surface area contributed by atoms with Crippen LogP contribution in [-0.4, -0.2) is 75.7 Å². The Hall–Kier alpha value is -1.61. The van der Waals surface area contributed by atoms with Gasteiger partial charge in [-0.25, -0.2) is 8.42 Å². The lowest BCUT2D eigenvalue weighted by Crippen LogP contribution is -2.52. The van der Waals surface area contributed by atoms with Gasteiger partial charge in [0.2, 0.25) is 10.0 Å². The molecule has 1 N–H and O–H groups in total. The number of nitrogens with one attached hydrogen (secondary N) is 1. The maximum Gasteiger partial charge on any atom is 0.243 e. The largest absolute Gasteiger partial charge is 0.478 e. The van der Waals surface area contributed by atoms with E-state index in [0.29, 0.717) is 23.3 Å². The van der Waals surface area contributed by atoms with Gasteiger partial charge in [0.1, 0.15) is 6.61 Å². The molecule has 0 bridgehead atoms. The molecule has 8 heteroatoms. The summed E-state index contributed by atoms with van der Waals surface area (Å²) in [4.78, 5) is 2.73. The molecular formula is C24H37N3O4S. The second-order valence-corrected chi connectivity index (χ2v) is 11.1. The number of morpholine rings is 1. The van der Waals surface area contributed by atoms with E-state index < -0.39 is 10.0 Å². The summed E-state index contributed by atoms with van der Waals surface area (Å²) in [7, 11) is -3.58. The summed E-state index contributed by atoms with van der Waals surface area (Å²) in [6, 6.07) is 7.11. The third-order valence-corrected chi connectivity index (χ3v) is 8.78. The highest BCUT2D eigenvalue weighted by molar-refractivity contribution is 7.89. The van der Waals surface area contributed by atoms with E-state index in [-0.39, 0.29) is 12.1 Å². The molecule has 2 heterocycles. The van der Waals surface area contributed by atoms with Gasteiger partial charge >= 0.3 is 0 Å². The maximum absolute atomic E-state index is 13.7. The van der Waals surface area contributed by atoms with E-state index in [2.05, 4.69) is 16.8 Å². The molecule has 32 heavy (non-hydrogen) atoms. The minimum absolute atomic E-state index is 0.0752. The van der Waals surface area contributed by atoms with E-state index in [0.717, 1.165) is 77.1 Å². The van der Waals surface area contributed by atoms with Crippen molar-refractivity contribution in [2.45, 2.75) is 56.0 Å². The summed E-state index contributed by atoms with van der Waals surface area (Å²) in [5.74, 6) is 0.993. The molecule has 0 spiro atoms. The van der Waals surface area contributed by atoms with Crippen LogP contribution in [0.5, 0.6) is 0 Å². The first-order valence-electron chi connectivity index (χ1n) is 11.9. The first-order valence-corrected chi connectivity index (χ1v) is 13.3. The molecule has 1 aromatic carbocycles. The van der Waals surface area contributed by atoms with Gasteiger partial charge in [-0.05, 0) is 57.2 Å². The number of hydrogen-bond donors (Lipinski definition) is 1. The number of nitrogens with zero attached hydrogens (tertiary/aromatic N) is 2. The fraction of sp³-hybridized carbons (Fsp3) is 0.667. The van der Waals surface area contributed by atoms with Gasteiger partial charge in [0.15, 0.2) is 5.88 Å². The van der Waals surface area contributed by atoms with Gasteiger partial charge in [0.25, 0.3) is 0 Å². The quantitative estimate of drug-likeness (QED) is 0.538. The highest BCUT2D eigenvalue weighted by Gasteiger charge is 2.46. The van der Waals surface area contributed by atoms with Gasteiger partial charge in [0.05, 0.1) is 24.2 Å². The van der Waals surface area contributed by atoms with Crippen molar-refractivity contribution in [2.24, 2.45) is 5.92 Å².